The molecule has 0 saturated heterocycles. The van der Waals surface area contributed by atoms with Crippen LogP contribution in [0.2, 0.25) is 0 Å². The first-order valence-corrected chi connectivity index (χ1v) is 5.20. The van der Waals surface area contributed by atoms with Gasteiger partial charge >= 0.3 is 0 Å². The molecular weight excluding hydrogens is 186 g/mol. The van der Waals surface area contributed by atoms with Gasteiger partial charge < -0.3 is 5.21 Å². The molecule has 0 rings (SSSR count). The van der Waals surface area contributed by atoms with Gasteiger partial charge in [-0.05, 0) is 13.3 Å². The molecule has 86 valence electrons. The van der Waals surface area contributed by atoms with Crippen molar-refractivity contribution in [2.24, 2.45) is 16.0 Å². The summed E-state index contributed by atoms with van der Waals surface area (Å²) in [6.07, 6.45) is 2.63. The molecule has 0 amide bonds. The van der Waals surface area contributed by atoms with Gasteiger partial charge in [0.1, 0.15) is 0 Å². The van der Waals surface area contributed by atoms with Crippen molar-refractivity contribution in [3.63, 3.8) is 0 Å². The lowest BCUT2D eigenvalue weighted by molar-refractivity contribution is 0.296. The van der Waals surface area contributed by atoms with Gasteiger partial charge in [-0.1, -0.05) is 51.1 Å². The topological polar surface area (TPSA) is 32.6 Å². The van der Waals surface area contributed by atoms with Gasteiger partial charge in [0.05, 0.1) is 5.71 Å². The van der Waals surface area contributed by atoms with Crippen LogP contribution in [-0.2, 0) is 0 Å². The number of nitrogens with zero attached hydrogens (tertiary/aromatic N) is 1. The Labute approximate surface area is 93.4 Å². The molecule has 0 aromatic heterocycles. The van der Waals surface area contributed by atoms with Crippen molar-refractivity contribution in [2.75, 3.05) is 0 Å². The van der Waals surface area contributed by atoms with Crippen LogP contribution in [0.4, 0.5) is 0 Å². The third-order valence-corrected chi connectivity index (χ3v) is 3.05. The van der Waals surface area contributed by atoms with Gasteiger partial charge in [0.2, 0.25) is 0 Å². The first-order valence-electron chi connectivity index (χ1n) is 5.20. The van der Waals surface area contributed by atoms with Gasteiger partial charge in [-0.15, -0.1) is 6.58 Å². The summed E-state index contributed by atoms with van der Waals surface area (Å²) < 4.78 is 0. The van der Waals surface area contributed by atoms with Crippen molar-refractivity contribution in [1.29, 1.82) is 0 Å². The monoisotopic (exact) mass is 209 g/mol. The van der Waals surface area contributed by atoms with Crippen molar-refractivity contribution in [3.05, 3.63) is 24.8 Å². The molecule has 0 radical (unpaired) electrons. The summed E-state index contributed by atoms with van der Waals surface area (Å²) >= 11 is 0. The fourth-order valence-corrected chi connectivity index (χ4v) is 1.77. The van der Waals surface area contributed by atoms with Gasteiger partial charge in [-0.2, -0.15) is 0 Å². The molecule has 0 spiro atoms. The summed E-state index contributed by atoms with van der Waals surface area (Å²) in [6, 6.07) is 0. The lowest BCUT2D eigenvalue weighted by atomic mass is 9.68. The zero-order chi connectivity index (χ0) is 12.3. The SMILES string of the molecule is C=CCC(C)(C)/C(=N\O)C(C)(C)C(=C)C. The Morgan fingerprint density at radius 2 is 1.80 bits per heavy atom. The number of rotatable bonds is 5. The summed E-state index contributed by atoms with van der Waals surface area (Å²) in [5.41, 5.74) is 1.26. The fraction of sp³-hybridized carbons (Fsp3) is 0.615. The van der Waals surface area contributed by atoms with Crippen molar-refractivity contribution in [1.82, 2.24) is 0 Å². The van der Waals surface area contributed by atoms with Crippen LogP contribution < -0.4 is 0 Å². The maximum atomic E-state index is 9.19. The summed E-state index contributed by atoms with van der Waals surface area (Å²) in [5, 5.41) is 12.7. The highest BCUT2D eigenvalue weighted by Gasteiger charge is 2.37. The van der Waals surface area contributed by atoms with Crippen LogP contribution in [0.15, 0.2) is 30.0 Å². The third-order valence-electron chi connectivity index (χ3n) is 3.05. The number of allylic oxidation sites excluding steroid dienone is 2. The number of hydrogen-bond donors (Lipinski definition) is 1. The minimum atomic E-state index is -0.290. The van der Waals surface area contributed by atoms with E-state index in [0.717, 1.165) is 17.7 Å². The largest absolute Gasteiger partial charge is 0.411 e. The van der Waals surface area contributed by atoms with E-state index in [-0.39, 0.29) is 10.8 Å². The van der Waals surface area contributed by atoms with Crippen molar-refractivity contribution in [3.8, 4) is 0 Å². The molecule has 0 aliphatic heterocycles. The van der Waals surface area contributed by atoms with Gasteiger partial charge in [0, 0.05) is 10.8 Å². The van der Waals surface area contributed by atoms with Crippen LogP contribution in [0.1, 0.15) is 41.0 Å². The fourth-order valence-electron chi connectivity index (χ4n) is 1.77. The molecule has 1 N–H and O–H groups in total. The molecule has 0 aliphatic rings. The maximum absolute atomic E-state index is 9.19. The van der Waals surface area contributed by atoms with Crippen LogP contribution in [0.25, 0.3) is 0 Å². The van der Waals surface area contributed by atoms with E-state index in [2.05, 4.69) is 32.2 Å². The zero-order valence-corrected chi connectivity index (χ0v) is 10.6. The van der Waals surface area contributed by atoms with E-state index in [0.29, 0.717) is 0 Å². The molecule has 0 fully saturated rings. The van der Waals surface area contributed by atoms with Crippen LogP contribution in [-0.4, -0.2) is 10.9 Å². The molecule has 0 bridgehead atoms. The standard InChI is InChI=1S/C13H23NO/c1-8-9-12(4,5)11(14-15)13(6,7)10(2)3/h8,15H,1-2,9H2,3-7H3/b14-11+. The van der Waals surface area contributed by atoms with Gasteiger partial charge in [-0.25, -0.2) is 0 Å². The average molecular weight is 209 g/mol. The van der Waals surface area contributed by atoms with E-state index in [1.54, 1.807) is 0 Å². The Hall–Kier alpha value is -1.05. The molecule has 0 aliphatic carbocycles. The highest BCUT2D eigenvalue weighted by atomic mass is 16.4. The molecule has 0 unspecified atom stereocenters. The van der Waals surface area contributed by atoms with Crippen molar-refractivity contribution >= 4 is 5.71 Å². The molecule has 0 aromatic carbocycles. The Bertz CT molecular complexity index is 285. The summed E-state index contributed by atoms with van der Waals surface area (Å²) in [6.45, 7) is 17.8. The number of oxime groups is 1. The highest BCUT2D eigenvalue weighted by molar-refractivity contribution is 5.96. The summed E-state index contributed by atoms with van der Waals surface area (Å²) in [4.78, 5) is 0. The number of hydrogen-bond acceptors (Lipinski definition) is 2. The summed E-state index contributed by atoms with van der Waals surface area (Å²) in [5.74, 6) is 0. The molecule has 0 heterocycles. The van der Waals surface area contributed by atoms with Gasteiger partial charge in [0.25, 0.3) is 0 Å². The average Bonchev–Trinajstić information content (AvgIpc) is 2.03. The minimum Gasteiger partial charge on any atom is -0.411 e. The van der Waals surface area contributed by atoms with Crippen molar-refractivity contribution in [2.45, 2.75) is 41.0 Å². The quantitative estimate of drug-likeness (QED) is 0.315. The van der Waals surface area contributed by atoms with E-state index in [4.69, 9.17) is 0 Å². The lowest BCUT2D eigenvalue weighted by Gasteiger charge is -2.36. The normalized spacial score (nSPS) is 13.8. The van der Waals surface area contributed by atoms with Crippen LogP contribution in [0.5, 0.6) is 0 Å². The van der Waals surface area contributed by atoms with E-state index >= 15 is 0 Å². The zero-order valence-electron chi connectivity index (χ0n) is 10.6. The van der Waals surface area contributed by atoms with Gasteiger partial charge in [-0.3, -0.25) is 0 Å². The van der Waals surface area contributed by atoms with Crippen LogP contribution in [0, 0.1) is 10.8 Å². The Kier molecular flexibility index (Phi) is 4.32. The molecule has 0 atom stereocenters. The Morgan fingerprint density at radius 1 is 1.33 bits per heavy atom. The first-order chi connectivity index (χ1) is 6.70. The van der Waals surface area contributed by atoms with Crippen LogP contribution >= 0.6 is 0 Å². The highest BCUT2D eigenvalue weighted by Crippen LogP contribution is 2.37. The summed E-state index contributed by atoms with van der Waals surface area (Å²) in [7, 11) is 0. The first kappa shape index (κ1) is 13.9. The molecular formula is C13H23NO. The second-order valence-electron chi connectivity index (χ2n) is 5.23. The van der Waals surface area contributed by atoms with E-state index in [1.165, 1.54) is 0 Å². The Morgan fingerprint density at radius 3 is 2.07 bits per heavy atom. The predicted molar refractivity (Wildman–Crippen MR) is 66.4 cm³/mol. The van der Waals surface area contributed by atoms with E-state index in [9.17, 15) is 5.21 Å². The molecule has 0 aromatic rings. The second kappa shape index (κ2) is 4.65. The maximum Gasteiger partial charge on any atom is 0.0725 e. The molecule has 2 nitrogen and oxygen atoms in total. The molecule has 0 saturated carbocycles. The third kappa shape index (κ3) is 2.95. The molecule has 2 heteroatoms. The predicted octanol–water partition coefficient (Wildman–Crippen LogP) is 4.02. The minimum absolute atomic E-state index is 0.195. The van der Waals surface area contributed by atoms with E-state index < -0.39 is 0 Å². The van der Waals surface area contributed by atoms with Gasteiger partial charge in [0.15, 0.2) is 0 Å². The Balaban J connectivity index is 5.27. The second-order valence-corrected chi connectivity index (χ2v) is 5.23. The smallest absolute Gasteiger partial charge is 0.0725 e. The lowest BCUT2D eigenvalue weighted by Crippen LogP contribution is -2.37. The van der Waals surface area contributed by atoms with Crippen molar-refractivity contribution < 1.29 is 5.21 Å². The van der Waals surface area contributed by atoms with Crippen LogP contribution in [0.3, 0.4) is 0 Å². The molecule has 15 heavy (non-hydrogen) atoms. The van der Waals surface area contributed by atoms with E-state index in [1.807, 2.05) is 26.8 Å².